The fourth-order valence-electron chi connectivity index (χ4n) is 4.78. The molecule has 0 spiro atoms. The van der Waals surface area contributed by atoms with Crippen LogP contribution in [-0.2, 0) is 9.53 Å². The Labute approximate surface area is 153 Å². The van der Waals surface area contributed by atoms with Crippen molar-refractivity contribution >= 4 is 11.9 Å². The number of hydrogen-bond acceptors (Lipinski definition) is 3. The molecule has 0 aromatic heterocycles. The maximum Gasteiger partial charge on any atom is 0.331 e. The molecule has 3 unspecified atom stereocenters. The molecule has 2 aliphatic heterocycles. The molecule has 0 aliphatic carbocycles. The Morgan fingerprint density at radius 1 is 1.04 bits per heavy atom. The van der Waals surface area contributed by atoms with Gasteiger partial charge in [-0.1, -0.05) is 48.5 Å². The Morgan fingerprint density at radius 2 is 1.69 bits per heavy atom. The summed E-state index contributed by atoms with van der Waals surface area (Å²) in [5.41, 5.74) is 1.01. The molecule has 4 heteroatoms. The Kier molecular flexibility index (Phi) is 4.27. The summed E-state index contributed by atoms with van der Waals surface area (Å²) >= 11 is 0. The third kappa shape index (κ3) is 2.61. The number of hydrogen-bond donors (Lipinski definition) is 0. The van der Waals surface area contributed by atoms with Gasteiger partial charge >= 0.3 is 5.97 Å². The molecule has 3 atom stereocenters. The van der Waals surface area contributed by atoms with Crippen LogP contribution in [0.15, 0.2) is 60.7 Å². The normalized spacial score (nSPS) is 27.2. The third-order valence-electron chi connectivity index (χ3n) is 5.93. The molecule has 4 nitrogen and oxygen atoms in total. The highest BCUT2D eigenvalue weighted by atomic mass is 16.5. The van der Waals surface area contributed by atoms with Crippen molar-refractivity contribution < 1.29 is 14.3 Å². The van der Waals surface area contributed by atoms with E-state index >= 15 is 0 Å². The number of benzene rings is 2. The van der Waals surface area contributed by atoms with E-state index in [0.717, 1.165) is 12.8 Å². The van der Waals surface area contributed by atoms with Crippen molar-refractivity contribution in [2.75, 3.05) is 7.11 Å². The van der Waals surface area contributed by atoms with Crippen LogP contribution in [0.25, 0.3) is 0 Å². The average molecular weight is 349 g/mol. The molecule has 2 aromatic carbocycles. The zero-order chi connectivity index (χ0) is 18.1. The maximum atomic E-state index is 13.2. The van der Waals surface area contributed by atoms with E-state index in [1.807, 2.05) is 53.4 Å². The standard InChI is InChI=1S/C22H23NO3/c1-26-21(25)22-13-12-19(14-18(15-22)16-8-4-2-5-9-16)23(22)20(24)17-10-6-3-7-11-17/h2-11,18-19H,12-15H2,1H3. The fraction of sp³-hybridized carbons (Fsp3) is 0.364. The van der Waals surface area contributed by atoms with E-state index in [-0.39, 0.29) is 23.8 Å². The third-order valence-corrected chi connectivity index (χ3v) is 5.93. The Balaban J connectivity index is 1.72. The lowest BCUT2D eigenvalue weighted by Crippen LogP contribution is -2.59. The predicted octanol–water partition coefficient (Wildman–Crippen LogP) is 3.78. The van der Waals surface area contributed by atoms with Crippen molar-refractivity contribution in [2.24, 2.45) is 0 Å². The van der Waals surface area contributed by atoms with Crippen molar-refractivity contribution in [1.82, 2.24) is 4.90 Å². The van der Waals surface area contributed by atoms with Crippen molar-refractivity contribution in [2.45, 2.75) is 43.2 Å². The predicted molar refractivity (Wildman–Crippen MR) is 98.8 cm³/mol. The van der Waals surface area contributed by atoms with Gasteiger partial charge in [0.05, 0.1) is 7.11 Å². The van der Waals surface area contributed by atoms with Crippen LogP contribution in [0.5, 0.6) is 0 Å². The summed E-state index contributed by atoms with van der Waals surface area (Å²) in [6, 6.07) is 19.6. The van der Waals surface area contributed by atoms with Crippen LogP contribution in [0.4, 0.5) is 0 Å². The molecule has 134 valence electrons. The minimum atomic E-state index is -0.856. The minimum absolute atomic E-state index is 0.0648. The Morgan fingerprint density at radius 3 is 2.35 bits per heavy atom. The van der Waals surface area contributed by atoms with Gasteiger partial charge < -0.3 is 9.64 Å². The van der Waals surface area contributed by atoms with Gasteiger partial charge in [-0.25, -0.2) is 4.79 Å². The summed E-state index contributed by atoms with van der Waals surface area (Å²) < 4.78 is 5.18. The summed E-state index contributed by atoms with van der Waals surface area (Å²) in [5, 5.41) is 0. The second-order valence-electron chi connectivity index (χ2n) is 7.30. The van der Waals surface area contributed by atoms with E-state index in [4.69, 9.17) is 4.74 Å². The highest BCUT2D eigenvalue weighted by Gasteiger charge is 2.59. The number of carbonyl (C=O) groups excluding carboxylic acids is 2. The van der Waals surface area contributed by atoms with Crippen LogP contribution in [-0.4, -0.2) is 35.5 Å². The molecule has 0 N–H and O–H groups in total. The molecular weight excluding hydrogens is 326 g/mol. The van der Waals surface area contributed by atoms with Crippen molar-refractivity contribution in [3.63, 3.8) is 0 Å². The number of methoxy groups -OCH3 is 1. The van der Waals surface area contributed by atoms with E-state index in [2.05, 4.69) is 12.1 Å². The van der Waals surface area contributed by atoms with Crippen LogP contribution in [0.3, 0.4) is 0 Å². The number of piperidine rings is 1. The second kappa shape index (κ2) is 6.60. The highest BCUT2D eigenvalue weighted by Crippen LogP contribution is 2.50. The molecule has 2 fully saturated rings. The summed E-state index contributed by atoms with van der Waals surface area (Å²) in [5.74, 6) is -0.0856. The quantitative estimate of drug-likeness (QED) is 0.792. The first kappa shape index (κ1) is 16.8. The Hall–Kier alpha value is -2.62. The van der Waals surface area contributed by atoms with E-state index in [0.29, 0.717) is 18.4 Å². The van der Waals surface area contributed by atoms with Gasteiger partial charge in [0.2, 0.25) is 0 Å². The average Bonchev–Trinajstić information content (AvgIpc) is 2.95. The summed E-state index contributed by atoms with van der Waals surface area (Å²) in [4.78, 5) is 27.9. The lowest BCUT2D eigenvalue weighted by Gasteiger charge is -2.46. The molecule has 2 bridgehead atoms. The van der Waals surface area contributed by atoms with Crippen LogP contribution in [0.1, 0.15) is 47.5 Å². The van der Waals surface area contributed by atoms with Crippen molar-refractivity contribution in [3.8, 4) is 0 Å². The molecule has 4 rings (SSSR count). The largest absolute Gasteiger partial charge is 0.467 e. The summed E-state index contributed by atoms with van der Waals surface area (Å²) in [6.45, 7) is 0. The zero-order valence-corrected chi connectivity index (χ0v) is 14.9. The molecular formula is C22H23NO3. The highest BCUT2D eigenvalue weighted by molar-refractivity contribution is 5.99. The van der Waals surface area contributed by atoms with Gasteiger partial charge in [-0.2, -0.15) is 0 Å². The van der Waals surface area contributed by atoms with Gasteiger partial charge in [-0.05, 0) is 49.3 Å². The number of carbonyl (C=O) groups is 2. The van der Waals surface area contributed by atoms with Crippen LogP contribution < -0.4 is 0 Å². The summed E-state index contributed by atoms with van der Waals surface area (Å²) in [7, 11) is 1.42. The number of esters is 1. The van der Waals surface area contributed by atoms with Crippen molar-refractivity contribution in [3.05, 3.63) is 71.8 Å². The molecule has 26 heavy (non-hydrogen) atoms. The van der Waals surface area contributed by atoms with Gasteiger partial charge in [0.25, 0.3) is 5.91 Å². The molecule has 0 saturated carbocycles. The smallest absolute Gasteiger partial charge is 0.331 e. The topological polar surface area (TPSA) is 46.6 Å². The van der Waals surface area contributed by atoms with E-state index in [1.54, 1.807) is 0 Å². The number of amides is 1. The van der Waals surface area contributed by atoms with E-state index in [1.165, 1.54) is 12.7 Å². The fourth-order valence-corrected chi connectivity index (χ4v) is 4.78. The van der Waals surface area contributed by atoms with Gasteiger partial charge in [-0.3, -0.25) is 4.79 Å². The van der Waals surface area contributed by atoms with Crippen LogP contribution >= 0.6 is 0 Å². The van der Waals surface area contributed by atoms with Gasteiger partial charge in [0, 0.05) is 11.6 Å². The first-order valence-corrected chi connectivity index (χ1v) is 9.18. The SMILES string of the molecule is COC(=O)C12CCC(CC(c3ccccc3)C1)N2C(=O)c1ccccc1. The zero-order valence-electron chi connectivity index (χ0n) is 14.9. The van der Waals surface area contributed by atoms with Gasteiger partial charge in [0.1, 0.15) is 5.54 Å². The van der Waals surface area contributed by atoms with Crippen LogP contribution in [0, 0.1) is 0 Å². The first-order valence-electron chi connectivity index (χ1n) is 9.18. The maximum absolute atomic E-state index is 13.2. The van der Waals surface area contributed by atoms with Crippen molar-refractivity contribution in [1.29, 1.82) is 0 Å². The Bertz CT molecular complexity index is 805. The number of fused-ring (bicyclic) bond motifs is 2. The lowest BCUT2D eigenvalue weighted by molar-refractivity contribution is -0.155. The first-order chi connectivity index (χ1) is 12.7. The monoisotopic (exact) mass is 349 g/mol. The van der Waals surface area contributed by atoms with Gasteiger partial charge in [-0.15, -0.1) is 0 Å². The molecule has 0 radical (unpaired) electrons. The van der Waals surface area contributed by atoms with Crippen LogP contribution in [0.2, 0.25) is 0 Å². The molecule has 1 amide bonds. The number of rotatable bonds is 3. The number of ether oxygens (including phenoxy) is 1. The second-order valence-corrected chi connectivity index (χ2v) is 7.30. The minimum Gasteiger partial charge on any atom is -0.467 e. The lowest BCUT2D eigenvalue weighted by atomic mass is 9.77. The van der Waals surface area contributed by atoms with Gasteiger partial charge in [0.15, 0.2) is 0 Å². The molecule has 2 aliphatic rings. The molecule has 2 aromatic rings. The number of nitrogens with zero attached hydrogens (tertiary/aromatic N) is 1. The molecule has 2 saturated heterocycles. The van der Waals surface area contributed by atoms with E-state index < -0.39 is 5.54 Å². The molecule has 2 heterocycles. The van der Waals surface area contributed by atoms with E-state index in [9.17, 15) is 9.59 Å². The summed E-state index contributed by atoms with van der Waals surface area (Å²) in [6.07, 6.45) is 3.03.